The molecule has 1 aromatic heterocycles. The van der Waals surface area contributed by atoms with E-state index in [9.17, 15) is 14.4 Å². The molecular weight excluding hydrogens is 679 g/mol. The van der Waals surface area contributed by atoms with Crippen LogP contribution in [0.15, 0.2) is 66.5 Å². The standard InChI is InChI=1S/C40H51N5O6S/c1-44-17-14-29(33-9-3-5-11-35(33)44)24-32-25-30-8-2-4-10-34(30)45(32)27-39(48)42-16-19-50-21-23-51-22-20-49-18-15-41-37(46)13-7-6-12-36-40-31(28-52-36)26-38(47)43-40/h2-5,8-11,14,17,24,31,36,40H,6-7,12-13,15-16,18-23,25-28H2,1H3,(H2-,41,42,43,46,47,48)/p+1. The van der Waals surface area contributed by atoms with E-state index >= 15 is 0 Å². The quantitative estimate of drug-likeness (QED) is 0.119. The maximum absolute atomic E-state index is 13.0. The van der Waals surface area contributed by atoms with Crippen molar-refractivity contribution in [1.82, 2.24) is 16.0 Å². The summed E-state index contributed by atoms with van der Waals surface area (Å²) in [4.78, 5) is 38.9. The number of carbonyl (C=O) groups is 3. The zero-order valence-corrected chi connectivity index (χ0v) is 31.0. The molecule has 12 heteroatoms. The minimum absolute atomic E-state index is 0.0496. The highest BCUT2D eigenvalue weighted by molar-refractivity contribution is 8.00. The van der Waals surface area contributed by atoms with Crippen molar-refractivity contribution in [3.8, 4) is 0 Å². The molecule has 3 aromatic rings. The van der Waals surface area contributed by atoms with Gasteiger partial charge in [-0.3, -0.25) is 14.4 Å². The molecule has 6 rings (SSSR count). The molecule has 2 aromatic carbocycles. The molecule has 3 aliphatic rings. The summed E-state index contributed by atoms with van der Waals surface area (Å²) in [5.41, 5.74) is 5.66. The van der Waals surface area contributed by atoms with Crippen LogP contribution in [0.5, 0.6) is 0 Å². The molecular formula is C40H52N5O6S+. The lowest BCUT2D eigenvalue weighted by molar-refractivity contribution is -0.644. The van der Waals surface area contributed by atoms with Crippen LogP contribution in [0.4, 0.5) is 5.69 Å². The summed E-state index contributed by atoms with van der Waals surface area (Å²) < 4.78 is 18.9. The molecule has 3 atom stereocenters. The Bertz CT molecular complexity index is 1720. The molecule has 2 fully saturated rings. The van der Waals surface area contributed by atoms with Crippen molar-refractivity contribution < 1.29 is 33.2 Å². The monoisotopic (exact) mass is 730 g/mol. The number of pyridine rings is 1. The van der Waals surface area contributed by atoms with E-state index in [4.69, 9.17) is 14.2 Å². The number of allylic oxidation sites excluding steroid dienone is 1. The second kappa shape index (κ2) is 19.2. The number of fused-ring (bicyclic) bond motifs is 3. The molecule has 52 heavy (non-hydrogen) atoms. The van der Waals surface area contributed by atoms with Crippen LogP contribution in [-0.4, -0.2) is 94.0 Å². The number of amides is 3. The number of nitrogens with zero attached hydrogens (tertiary/aromatic N) is 2. The average molecular weight is 731 g/mol. The lowest BCUT2D eigenvalue weighted by atomic mass is 9.97. The fraction of sp³-hybridized carbons (Fsp3) is 0.500. The van der Waals surface area contributed by atoms with Gasteiger partial charge in [-0.05, 0) is 53.8 Å². The van der Waals surface area contributed by atoms with Gasteiger partial charge in [0.25, 0.3) is 0 Å². The third kappa shape index (κ3) is 10.3. The zero-order valence-electron chi connectivity index (χ0n) is 30.1. The van der Waals surface area contributed by atoms with Crippen LogP contribution in [0.25, 0.3) is 17.0 Å². The van der Waals surface area contributed by atoms with Crippen molar-refractivity contribution in [2.24, 2.45) is 13.0 Å². The Balaban J connectivity index is 0.781. The van der Waals surface area contributed by atoms with Crippen LogP contribution in [0, 0.1) is 5.92 Å². The lowest BCUT2D eigenvalue weighted by Crippen LogP contribution is -2.37. The molecule has 0 bridgehead atoms. The highest BCUT2D eigenvalue weighted by atomic mass is 32.2. The summed E-state index contributed by atoms with van der Waals surface area (Å²) in [5.74, 6) is 1.74. The fourth-order valence-electron chi connectivity index (χ4n) is 7.26. The molecule has 3 aliphatic heterocycles. The number of benzene rings is 2. The molecule has 4 heterocycles. The van der Waals surface area contributed by atoms with Gasteiger partial charge in [-0.25, -0.2) is 4.57 Å². The number of thioether (sulfide) groups is 1. The first-order valence-corrected chi connectivity index (χ1v) is 19.6. The van der Waals surface area contributed by atoms with Crippen molar-refractivity contribution in [2.75, 3.05) is 69.9 Å². The Morgan fingerprint density at radius 1 is 0.923 bits per heavy atom. The second-order valence-electron chi connectivity index (χ2n) is 13.6. The highest BCUT2D eigenvalue weighted by Crippen LogP contribution is 2.39. The summed E-state index contributed by atoms with van der Waals surface area (Å²) in [7, 11) is 2.05. The van der Waals surface area contributed by atoms with E-state index in [0.29, 0.717) is 82.8 Å². The maximum atomic E-state index is 13.0. The van der Waals surface area contributed by atoms with E-state index in [1.807, 2.05) is 23.9 Å². The third-order valence-electron chi connectivity index (χ3n) is 9.93. The Labute approximate surface area is 310 Å². The number of nitrogens with one attached hydrogen (secondary N) is 3. The van der Waals surface area contributed by atoms with E-state index in [1.165, 1.54) is 10.9 Å². The van der Waals surface area contributed by atoms with Crippen LogP contribution in [-0.2, 0) is 42.1 Å². The van der Waals surface area contributed by atoms with Crippen molar-refractivity contribution in [2.45, 2.75) is 49.8 Å². The average Bonchev–Trinajstić information content (AvgIpc) is 3.82. The third-order valence-corrected chi connectivity index (χ3v) is 11.5. The van der Waals surface area contributed by atoms with Gasteiger partial charge in [-0.15, -0.1) is 0 Å². The molecule has 0 saturated carbocycles. The number of carbonyl (C=O) groups excluding carboxylic acids is 3. The first-order chi connectivity index (χ1) is 25.5. The summed E-state index contributed by atoms with van der Waals surface area (Å²) in [6.45, 7) is 3.72. The van der Waals surface area contributed by atoms with Crippen molar-refractivity contribution in [1.29, 1.82) is 0 Å². The van der Waals surface area contributed by atoms with Crippen LogP contribution in [0.3, 0.4) is 0 Å². The number of aromatic nitrogens is 1. The fourth-order valence-corrected chi connectivity index (χ4v) is 8.91. The van der Waals surface area contributed by atoms with Crippen LogP contribution in [0.1, 0.15) is 43.2 Å². The summed E-state index contributed by atoms with van der Waals surface area (Å²) >= 11 is 1.96. The van der Waals surface area contributed by atoms with Gasteiger partial charge in [0.1, 0.15) is 13.6 Å². The molecule has 0 spiro atoms. The molecule has 3 amide bonds. The van der Waals surface area contributed by atoms with E-state index in [0.717, 1.165) is 53.9 Å². The van der Waals surface area contributed by atoms with E-state index in [-0.39, 0.29) is 24.3 Å². The Morgan fingerprint density at radius 3 is 2.44 bits per heavy atom. The SMILES string of the molecule is C[n+]1ccc(C=C2Cc3ccccc3N2CC(=O)NCCOCCOCCOCCNC(=O)CCCCC2SCC3CC(=O)NC32)c2ccccc21. The number of hydrogen-bond donors (Lipinski definition) is 3. The molecule has 0 radical (unpaired) electrons. The number of aryl methyl sites for hydroxylation is 1. The van der Waals surface area contributed by atoms with Gasteiger partial charge in [0, 0.05) is 67.2 Å². The van der Waals surface area contributed by atoms with Gasteiger partial charge in [-0.2, -0.15) is 11.8 Å². The van der Waals surface area contributed by atoms with E-state index < -0.39 is 0 Å². The lowest BCUT2D eigenvalue weighted by Gasteiger charge is -2.21. The summed E-state index contributed by atoms with van der Waals surface area (Å²) in [6, 6.07) is 19.1. The van der Waals surface area contributed by atoms with E-state index in [2.05, 4.69) is 87.2 Å². The van der Waals surface area contributed by atoms with Gasteiger partial charge in [-0.1, -0.05) is 36.8 Å². The van der Waals surface area contributed by atoms with Crippen LogP contribution in [0.2, 0.25) is 0 Å². The van der Waals surface area contributed by atoms with Gasteiger partial charge in [0.2, 0.25) is 23.2 Å². The molecule has 278 valence electrons. The first-order valence-electron chi connectivity index (χ1n) is 18.6. The van der Waals surface area contributed by atoms with E-state index in [1.54, 1.807) is 0 Å². The number of para-hydroxylation sites is 2. The molecule has 2 saturated heterocycles. The van der Waals surface area contributed by atoms with Gasteiger partial charge >= 0.3 is 0 Å². The smallest absolute Gasteiger partial charge is 0.240 e. The molecule has 0 aliphatic carbocycles. The first kappa shape index (κ1) is 37.8. The number of hydrogen-bond acceptors (Lipinski definition) is 8. The predicted molar refractivity (Wildman–Crippen MR) is 204 cm³/mol. The normalized spacial score (nSPS) is 19.9. The minimum Gasteiger partial charge on any atom is -0.377 e. The van der Waals surface area contributed by atoms with Gasteiger partial charge < -0.3 is 35.1 Å². The summed E-state index contributed by atoms with van der Waals surface area (Å²) in [5, 5.41) is 10.7. The number of rotatable bonds is 20. The summed E-state index contributed by atoms with van der Waals surface area (Å²) in [6.07, 6.45) is 9.14. The highest BCUT2D eigenvalue weighted by Gasteiger charge is 2.42. The second-order valence-corrected chi connectivity index (χ2v) is 14.9. The minimum atomic E-state index is -0.0575. The van der Waals surface area contributed by atoms with Crippen LogP contribution >= 0.6 is 11.8 Å². The zero-order chi connectivity index (χ0) is 36.1. The predicted octanol–water partition coefficient (Wildman–Crippen LogP) is 3.53. The molecule has 11 nitrogen and oxygen atoms in total. The molecule has 3 unspecified atom stereocenters. The van der Waals surface area contributed by atoms with Crippen molar-refractivity contribution in [3.05, 3.63) is 77.6 Å². The number of anilines is 1. The van der Waals surface area contributed by atoms with Gasteiger partial charge in [0.05, 0.1) is 45.0 Å². The maximum Gasteiger partial charge on any atom is 0.240 e. The Morgan fingerprint density at radius 2 is 1.63 bits per heavy atom. The topological polar surface area (TPSA) is 122 Å². The number of ether oxygens (including phenoxy) is 3. The number of unbranched alkanes of at least 4 members (excludes halogenated alkanes) is 1. The molecule has 3 N–H and O–H groups in total. The van der Waals surface area contributed by atoms with Gasteiger partial charge in [0.15, 0.2) is 6.20 Å². The van der Waals surface area contributed by atoms with Crippen molar-refractivity contribution in [3.63, 3.8) is 0 Å². The Kier molecular flexibility index (Phi) is 14.0. The largest absolute Gasteiger partial charge is 0.377 e. The van der Waals surface area contributed by atoms with Crippen molar-refractivity contribution >= 4 is 52.1 Å². The Hall–Kier alpha value is -3.97. The van der Waals surface area contributed by atoms with Crippen LogP contribution < -0.4 is 25.4 Å².